The summed E-state index contributed by atoms with van der Waals surface area (Å²) in [6, 6.07) is 3.74. The van der Waals surface area contributed by atoms with Crippen LogP contribution in [0.5, 0.6) is 0 Å². The van der Waals surface area contributed by atoms with E-state index in [1.807, 2.05) is 6.92 Å². The standard InChI is InChI=1S/C15H13F2N3O.CH2F2/c1-8-4-11(16)12(5-9(8)2)20-14(21)6-13(17)19-7-10(3)18-15(19)20;2-1-3/h4-7H,1-3H3;1H2. The van der Waals surface area contributed by atoms with Crippen LogP contribution in [0.4, 0.5) is 17.6 Å². The van der Waals surface area contributed by atoms with Gasteiger partial charge in [-0.1, -0.05) is 0 Å². The molecule has 24 heavy (non-hydrogen) atoms. The van der Waals surface area contributed by atoms with Crippen molar-refractivity contribution < 1.29 is 17.6 Å². The molecule has 0 radical (unpaired) electrons. The van der Waals surface area contributed by atoms with Gasteiger partial charge in [-0.15, -0.1) is 0 Å². The zero-order chi connectivity index (χ0) is 18.0. The molecule has 2 heterocycles. The molecule has 0 saturated carbocycles. The van der Waals surface area contributed by atoms with E-state index in [0.29, 0.717) is 5.69 Å². The van der Waals surface area contributed by atoms with Crippen molar-refractivity contribution in [2.45, 2.75) is 20.8 Å². The molecule has 0 unspecified atom stereocenters. The highest BCUT2D eigenvalue weighted by Crippen LogP contribution is 2.19. The van der Waals surface area contributed by atoms with Crippen molar-refractivity contribution in [3.63, 3.8) is 0 Å². The largest absolute Gasteiger partial charge is 0.269 e. The second-order valence-electron chi connectivity index (χ2n) is 5.18. The molecular formula is C16H15F4N3O. The molecule has 1 aromatic carbocycles. The molecule has 0 aliphatic rings. The predicted octanol–water partition coefficient (Wildman–Crippen LogP) is 3.57. The van der Waals surface area contributed by atoms with Crippen LogP contribution in [0.1, 0.15) is 16.8 Å². The van der Waals surface area contributed by atoms with Gasteiger partial charge in [0.2, 0.25) is 18.7 Å². The van der Waals surface area contributed by atoms with Gasteiger partial charge in [-0.2, -0.15) is 4.39 Å². The van der Waals surface area contributed by atoms with E-state index in [2.05, 4.69) is 4.98 Å². The lowest BCUT2D eigenvalue weighted by Gasteiger charge is -2.11. The van der Waals surface area contributed by atoms with E-state index in [1.165, 1.54) is 12.3 Å². The second-order valence-corrected chi connectivity index (χ2v) is 5.18. The van der Waals surface area contributed by atoms with E-state index in [1.54, 1.807) is 19.9 Å². The van der Waals surface area contributed by atoms with Gasteiger partial charge in [-0.25, -0.2) is 22.7 Å². The number of hydrogen-bond acceptors (Lipinski definition) is 2. The number of nitrogens with zero attached hydrogens (tertiary/aromatic N) is 3. The van der Waals surface area contributed by atoms with E-state index in [9.17, 15) is 22.4 Å². The van der Waals surface area contributed by atoms with Crippen LogP contribution in [-0.4, -0.2) is 20.9 Å². The first kappa shape index (κ1) is 17.7. The lowest BCUT2D eigenvalue weighted by molar-refractivity contribution is 0.295. The SMILES string of the molecule is Cc1cn2c(F)cc(=O)n(-c3cc(C)c(C)cc3F)c2n1.FCF. The van der Waals surface area contributed by atoms with Crippen molar-refractivity contribution in [3.05, 3.63) is 63.3 Å². The molecule has 0 aliphatic carbocycles. The molecule has 0 N–H and O–H groups in total. The minimum absolute atomic E-state index is 0.0552. The Bertz CT molecular complexity index is 947. The summed E-state index contributed by atoms with van der Waals surface area (Å²) in [6.45, 7) is 3.53. The summed E-state index contributed by atoms with van der Waals surface area (Å²) in [5.74, 6) is -1.22. The van der Waals surface area contributed by atoms with Gasteiger partial charge >= 0.3 is 0 Å². The third kappa shape index (κ3) is 3.17. The number of hydrogen-bond donors (Lipinski definition) is 0. The van der Waals surface area contributed by atoms with Crippen molar-refractivity contribution in [2.24, 2.45) is 0 Å². The Morgan fingerprint density at radius 3 is 2.25 bits per heavy atom. The first-order valence-corrected chi connectivity index (χ1v) is 6.96. The highest BCUT2D eigenvalue weighted by Gasteiger charge is 2.16. The Labute approximate surface area is 135 Å². The molecule has 0 amide bonds. The first-order chi connectivity index (χ1) is 11.3. The Morgan fingerprint density at radius 1 is 1.04 bits per heavy atom. The second kappa shape index (κ2) is 6.86. The van der Waals surface area contributed by atoms with Crippen molar-refractivity contribution in [1.82, 2.24) is 14.0 Å². The Hall–Kier alpha value is -2.64. The Balaban J connectivity index is 0.000000647. The summed E-state index contributed by atoms with van der Waals surface area (Å²) in [5, 5.41) is 0. The normalized spacial score (nSPS) is 10.6. The molecular weight excluding hydrogens is 326 g/mol. The summed E-state index contributed by atoms with van der Waals surface area (Å²) in [5.41, 5.74) is 1.56. The average Bonchev–Trinajstić information content (AvgIpc) is 2.87. The van der Waals surface area contributed by atoms with E-state index < -0.39 is 24.3 Å². The van der Waals surface area contributed by atoms with Crippen molar-refractivity contribution in [2.75, 3.05) is 6.93 Å². The minimum Gasteiger partial charge on any atom is -0.269 e. The van der Waals surface area contributed by atoms with Crippen LogP contribution in [0.3, 0.4) is 0 Å². The molecule has 3 rings (SSSR count). The monoisotopic (exact) mass is 341 g/mol. The summed E-state index contributed by atoms with van der Waals surface area (Å²) in [4.78, 5) is 16.2. The number of benzene rings is 1. The van der Waals surface area contributed by atoms with E-state index in [0.717, 1.165) is 26.2 Å². The third-order valence-electron chi connectivity index (χ3n) is 3.50. The first-order valence-electron chi connectivity index (χ1n) is 6.96. The van der Waals surface area contributed by atoms with Crippen LogP contribution in [0, 0.1) is 32.5 Å². The van der Waals surface area contributed by atoms with Gasteiger partial charge in [0, 0.05) is 6.20 Å². The fourth-order valence-electron chi connectivity index (χ4n) is 2.30. The van der Waals surface area contributed by atoms with Gasteiger partial charge in [0.05, 0.1) is 17.4 Å². The molecule has 0 saturated heterocycles. The van der Waals surface area contributed by atoms with Crippen LogP contribution >= 0.6 is 0 Å². The number of imidazole rings is 1. The number of alkyl halides is 2. The molecule has 4 nitrogen and oxygen atoms in total. The zero-order valence-electron chi connectivity index (χ0n) is 13.3. The van der Waals surface area contributed by atoms with Crippen LogP contribution in [-0.2, 0) is 0 Å². The predicted molar refractivity (Wildman–Crippen MR) is 82.0 cm³/mol. The zero-order valence-corrected chi connectivity index (χ0v) is 13.3. The maximum absolute atomic E-state index is 14.2. The smallest absolute Gasteiger partial charge is 0.262 e. The lowest BCUT2D eigenvalue weighted by Crippen LogP contribution is -2.22. The van der Waals surface area contributed by atoms with Crippen LogP contribution < -0.4 is 5.56 Å². The minimum atomic E-state index is -1.75. The summed E-state index contributed by atoms with van der Waals surface area (Å²) < 4.78 is 49.5. The van der Waals surface area contributed by atoms with Gasteiger partial charge in [0.1, 0.15) is 5.82 Å². The number of fused-ring (bicyclic) bond motifs is 1. The van der Waals surface area contributed by atoms with Gasteiger partial charge < -0.3 is 0 Å². The van der Waals surface area contributed by atoms with Crippen molar-refractivity contribution in [1.29, 1.82) is 0 Å². The number of aryl methyl sites for hydroxylation is 3. The van der Waals surface area contributed by atoms with Crippen LogP contribution in [0.25, 0.3) is 11.5 Å². The summed E-state index contributed by atoms with van der Waals surface area (Å²) >= 11 is 0. The summed E-state index contributed by atoms with van der Waals surface area (Å²) in [6.07, 6.45) is 1.46. The number of rotatable bonds is 1. The molecule has 8 heteroatoms. The number of aromatic nitrogens is 3. The van der Waals surface area contributed by atoms with Gasteiger partial charge in [-0.3, -0.25) is 9.20 Å². The summed E-state index contributed by atoms with van der Waals surface area (Å²) in [7, 11) is 0. The molecule has 0 fully saturated rings. The highest BCUT2D eigenvalue weighted by atomic mass is 19.3. The highest BCUT2D eigenvalue weighted by molar-refractivity contribution is 5.48. The Morgan fingerprint density at radius 2 is 1.62 bits per heavy atom. The van der Waals surface area contributed by atoms with Crippen molar-refractivity contribution >= 4 is 5.78 Å². The van der Waals surface area contributed by atoms with Crippen LogP contribution in [0.15, 0.2) is 29.2 Å². The van der Waals surface area contributed by atoms with E-state index in [-0.39, 0.29) is 11.5 Å². The molecule has 2 aromatic heterocycles. The molecule has 0 aliphatic heterocycles. The third-order valence-corrected chi connectivity index (χ3v) is 3.50. The molecule has 0 atom stereocenters. The molecule has 0 bridgehead atoms. The fourth-order valence-corrected chi connectivity index (χ4v) is 2.30. The van der Waals surface area contributed by atoms with Gasteiger partial charge in [0.25, 0.3) is 5.56 Å². The maximum Gasteiger partial charge on any atom is 0.262 e. The fraction of sp³-hybridized carbons (Fsp3) is 0.250. The number of halogens is 4. The van der Waals surface area contributed by atoms with Crippen molar-refractivity contribution in [3.8, 4) is 5.69 Å². The lowest BCUT2D eigenvalue weighted by atomic mass is 10.1. The molecule has 128 valence electrons. The van der Waals surface area contributed by atoms with E-state index in [4.69, 9.17) is 0 Å². The average molecular weight is 341 g/mol. The van der Waals surface area contributed by atoms with Gasteiger partial charge in [-0.05, 0) is 44.0 Å². The quantitative estimate of drug-likeness (QED) is 0.501. The van der Waals surface area contributed by atoms with E-state index >= 15 is 0 Å². The Kier molecular flexibility index (Phi) is 5.06. The topological polar surface area (TPSA) is 39.3 Å². The molecule has 3 aromatic rings. The molecule has 0 spiro atoms. The maximum atomic E-state index is 14.2. The van der Waals surface area contributed by atoms with Crippen LogP contribution in [0.2, 0.25) is 0 Å². The van der Waals surface area contributed by atoms with Gasteiger partial charge in [0.15, 0.2) is 0 Å².